The minimum atomic E-state index is -0.253. The Morgan fingerprint density at radius 1 is 1.19 bits per heavy atom. The van der Waals surface area contributed by atoms with Gasteiger partial charge in [0, 0.05) is 12.1 Å². The van der Waals surface area contributed by atoms with Crippen molar-refractivity contribution < 1.29 is 9.32 Å². The lowest BCUT2D eigenvalue weighted by molar-refractivity contribution is -0.115. The third-order valence-corrected chi connectivity index (χ3v) is 5.71. The quantitative estimate of drug-likeness (QED) is 0.440. The lowest BCUT2D eigenvalue weighted by atomic mass is 10.3. The molecule has 5 rings (SSSR count). The molecule has 0 spiro atoms. The molecule has 1 N–H and O–H groups in total. The van der Waals surface area contributed by atoms with Gasteiger partial charge in [0.1, 0.15) is 17.9 Å². The Morgan fingerprint density at radius 2 is 2.03 bits per heavy atom. The van der Waals surface area contributed by atoms with Gasteiger partial charge in [-0.3, -0.25) is 14.0 Å². The molecule has 0 aliphatic carbocycles. The topological polar surface area (TPSA) is 107 Å². The molecule has 10 heteroatoms. The highest BCUT2D eigenvalue weighted by Crippen LogP contribution is 2.24. The van der Waals surface area contributed by atoms with E-state index in [1.165, 1.54) is 4.68 Å². The number of rotatable bonds is 6. The maximum Gasteiger partial charge on any atom is 0.291 e. The summed E-state index contributed by atoms with van der Waals surface area (Å²) in [6.07, 6.45) is 0.625. The Hall–Kier alpha value is -3.79. The molecule has 0 aliphatic rings. The Morgan fingerprint density at radius 3 is 2.84 bits per heavy atom. The van der Waals surface area contributed by atoms with Crippen LogP contribution in [-0.2, 0) is 24.2 Å². The summed E-state index contributed by atoms with van der Waals surface area (Å²) >= 11 is 1.58. The van der Waals surface area contributed by atoms with Gasteiger partial charge in [0.05, 0.1) is 16.6 Å². The molecule has 9 nitrogen and oxygen atoms in total. The van der Waals surface area contributed by atoms with Gasteiger partial charge < -0.3 is 9.84 Å². The number of hydrogen-bond acceptors (Lipinski definition) is 7. The van der Waals surface area contributed by atoms with Gasteiger partial charge in [0.2, 0.25) is 11.8 Å². The molecule has 4 heterocycles. The first-order chi connectivity index (χ1) is 15.1. The van der Waals surface area contributed by atoms with E-state index in [9.17, 15) is 9.59 Å². The summed E-state index contributed by atoms with van der Waals surface area (Å²) in [5, 5.41) is 13.1. The third kappa shape index (κ3) is 3.61. The Balaban J connectivity index is 1.38. The second kappa shape index (κ2) is 7.80. The maximum absolute atomic E-state index is 13.0. The van der Waals surface area contributed by atoms with Gasteiger partial charge in [-0.1, -0.05) is 30.3 Å². The molecule has 156 valence electrons. The fourth-order valence-corrected chi connectivity index (χ4v) is 4.29. The van der Waals surface area contributed by atoms with Gasteiger partial charge in [0.15, 0.2) is 5.82 Å². The zero-order chi connectivity index (χ0) is 21.4. The lowest BCUT2D eigenvalue weighted by Gasteiger charge is -2.08. The van der Waals surface area contributed by atoms with E-state index in [0.717, 1.165) is 16.0 Å². The molecule has 0 saturated carbocycles. The van der Waals surface area contributed by atoms with Crippen LogP contribution in [0.4, 0.5) is 5.69 Å². The van der Waals surface area contributed by atoms with Crippen molar-refractivity contribution in [2.75, 3.05) is 5.32 Å². The Bertz CT molecular complexity index is 1450. The summed E-state index contributed by atoms with van der Waals surface area (Å²) in [5.74, 6) is 0.982. The molecule has 0 fully saturated rings. The molecule has 31 heavy (non-hydrogen) atoms. The molecule has 0 aliphatic heterocycles. The zero-order valence-corrected chi connectivity index (χ0v) is 17.4. The largest absolute Gasteiger partial charge is 0.337 e. The summed E-state index contributed by atoms with van der Waals surface area (Å²) in [6, 6.07) is 13.0. The number of para-hydroxylation sites is 1. The maximum atomic E-state index is 13.0. The van der Waals surface area contributed by atoms with Crippen LogP contribution in [0.5, 0.6) is 0 Å². The van der Waals surface area contributed by atoms with Crippen molar-refractivity contribution in [2.24, 2.45) is 0 Å². The monoisotopic (exact) mass is 434 g/mol. The normalized spacial score (nSPS) is 11.4. The summed E-state index contributed by atoms with van der Waals surface area (Å²) in [7, 11) is 0. The number of aromatic nitrogens is 5. The minimum absolute atomic E-state index is 0.0328. The molecule has 0 unspecified atom stereocenters. The van der Waals surface area contributed by atoms with Crippen molar-refractivity contribution >= 4 is 38.7 Å². The number of carbonyl (C=O) groups is 1. The van der Waals surface area contributed by atoms with Crippen LogP contribution < -0.4 is 10.9 Å². The van der Waals surface area contributed by atoms with Crippen LogP contribution in [-0.4, -0.2) is 30.2 Å². The number of anilines is 1. The third-order valence-electron chi connectivity index (χ3n) is 4.86. The van der Waals surface area contributed by atoms with E-state index in [1.54, 1.807) is 23.5 Å². The summed E-state index contributed by atoms with van der Waals surface area (Å²) in [5.41, 5.74) is 2.01. The number of carbonyl (C=O) groups excluding carboxylic acids is 1. The number of hydrogen-bond donors (Lipinski definition) is 1. The van der Waals surface area contributed by atoms with Gasteiger partial charge in [-0.15, -0.1) is 11.3 Å². The SMILES string of the molecule is CCc1nn(Cc2nc(CC(=O)Nc3ccccc3)no2)c(=O)c2cc3sccc3n12. The standard InChI is InChI=1S/C21H18N6O3S/c1-2-18-24-26(21(29)15-10-16-14(27(15)18)8-9-31-16)12-20-23-17(25-30-20)11-19(28)22-13-6-4-3-5-7-13/h3-10H,2,11-12H2,1H3,(H,22,28). The predicted molar refractivity (Wildman–Crippen MR) is 116 cm³/mol. The van der Waals surface area contributed by atoms with Crippen LogP contribution in [0, 0.1) is 0 Å². The summed E-state index contributed by atoms with van der Waals surface area (Å²) < 4.78 is 9.53. The van der Waals surface area contributed by atoms with Gasteiger partial charge in [0.25, 0.3) is 5.56 Å². The molecule has 4 aromatic heterocycles. The second-order valence-corrected chi connectivity index (χ2v) is 7.91. The van der Waals surface area contributed by atoms with E-state index in [4.69, 9.17) is 4.52 Å². The van der Waals surface area contributed by atoms with Crippen molar-refractivity contribution in [3.63, 3.8) is 0 Å². The number of nitrogens with zero attached hydrogens (tertiary/aromatic N) is 5. The highest BCUT2D eigenvalue weighted by atomic mass is 32.1. The molecule has 0 bridgehead atoms. The molecule has 5 aromatic rings. The van der Waals surface area contributed by atoms with Crippen LogP contribution in [0.2, 0.25) is 0 Å². The summed E-state index contributed by atoms with van der Waals surface area (Å²) in [6.45, 7) is 2.03. The minimum Gasteiger partial charge on any atom is -0.337 e. The van der Waals surface area contributed by atoms with E-state index < -0.39 is 0 Å². The molecule has 1 aromatic carbocycles. The first-order valence-corrected chi connectivity index (χ1v) is 10.7. The fraction of sp³-hybridized carbons (Fsp3) is 0.190. The fourth-order valence-electron chi connectivity index (χ4n) is 3.48. The summed E-state index contributed by atoms with van der Waals surface area (Å²) in [4.78, 5) is 29.4. The predicted octanol–water partition coefficient (Wildman–Crippen LogP) is 2.89. The lowest BCUT2D eigenvalue weighted by Crippen LogP contribution is -2.27. The van der Waals surface area contributed by atoms with Crippen molar-refractivity contribution in [1.82, 2.24) is 24.3 Å². The molecular weight excluding hydrogens is 416 g/mol. The molecule has 0 radical (unpaired) electrons. The number of fused-ring (bicyclic) bond motifs is 3. The number of nitrogens with one attached hydrogen (secondary N) is 1. The highest BCUT2D eigenvalue weighted by molar-refractivity contribution is 7.17. The molecule has 0 saturated heterocycles. The van der Waals surface area contributed by atoms with Crippen LogP contribution in [0.3, 0.4) is 0 Å². The first kappa shape index (κ1) is 19.2. The first-order valence-electron chi connectivity index (χ1n) is 9.77. The van der Waals surface area contributed by atoms with Crippen LogP contribution in [0.15, 0.2) is 57.2 Å². The van der Waals surface area contributed by atoms with E-state index in [-0.39, 0.29) is 36.1 Å². The van der Waals surface area contributed by atoms with Gasteiger partial charge in [-0.25, -0.2) is 4.68 Å². The van der Waals surface area contributed by atoms with Crippen molar-refractivity contribution in [3.8, 4) is 0 Å². The smallest absolute Gasteiger partial charge is 0.291 e. The zero-order valence-electron chi connectivity index (χ0n) is 16.6. The number of benzene rings is 1. The highest BCUT2D eigenvalue weighted by Gasteiger charge is 2.17. The number of thiophene rings is 1. The second-order valence-electron chi connectivity index (χ2n) is 6.96. The van der Waals surface area contributed by atoms with Crippen LogP contribution in [0.25, 0.3) is 15.7 Å². The van der Waals surface area contributed by atoms with Crippen molar-refractivity contribution in [1.29, 1.82) is 0 Å². The van der Waals surface area contributed by atoms with E-state index in [1.807, 2.05) is 47.0 Å². The van der Waals surface area contributed by atoms with E-state index >= 15 is 0 Å². The number of amides is 1. The molecule has 0 atom stereocenters. The molecular formula is C21H18N6O3S. The van der Waals surface area contributed by atoms with Crippen LogP contribution in [0.1, 0.15) is 24.5 Å². The van der Waals surface area contributed by atoms with Gasteiger partial charge in [-0.05, 0) is 29.6 Å². The average Bonchev–Trinajstić information content (AvgIpc) is 3.47. The van der Waals surface area contributed by atoms with Crippen molar-refractivity contribution in [2.45, 2.75) is 26.3 Å². The average molecular weight is 434 g/mol. The Labute approximate surface area is 179 Å². The van der Waals surface area contributed by atoms with E-state index in [0.29, 0.717) is 17.6 Å². The Kier molecular flexibility index (Phi) is 4.83. The number of aryl methyl sites for hydroxylation is 1. The van der Waals surface area contributed by atoms with E-state index in [2.05, 4.69) is 20.6 Å². The van der Waals surface area contributed by atoms with Gasteiger partial charge >= 0.3 is 0 Å². The van der Waals surface area contributed by atoms with Gasteiger partial charge in [-0.2, -0.15) is 10.1 Å². The van der Waals surface area contributed by atoms with Crippen molar-refractivity contribution in [3.05, 3.63) is 75.7 Å². The van der Waals surface area contributed by atoms with Crippen LogP contribution >= 0.6 is 11.3 Å². The molecule has 1 amide bonds.